The standard InChI is InChI=1S/C26H34N4O4S/c1-33-23-4-3-20(10-24(23)34-2)35(31,32)30-6-5-21-22(14-30)28-16-29-25(21)27-15-26-11-17-7-18(12-26)9-19(8-17)13-26/h3-4,10,16-19H,5-9,11-15H2,1-2H3,(H,27,28,29). The summed E-state index contributed by atoms with van der Waals surface area (Å²) in [6.45, 7) is 1.59. The van der Waals surface area contributed by atoms with Crippen LogP contribution in [0.4, 0.5) is 5.82 Å². The van der Waals surface area contributed by atoms with Gasteiger partial charge in [-0.15, -0.1) is 0 Å². The molecule has 2 aromatic rings. The smallest absolute Gasteiger partial charge is 0.243 e. The highest BCUT2D eigenvalue weighted by Gasteiger charge is 2.50. The van der Waals surface area contributed by atoms with E-state index in [9.17, 15) is 8.42 Å². The highest BCUT2D eigenvalue weighted by atomic mass is 32.2. The van der Waals surface area contributed by atoms with E-state index in [1.165, 1.54) is 63.1 Å². The third-order valence-corrected chi connectivity index (χ3v) is 10.6. The number of nitrogens with zero attached hydrogens (tertiary/aromatic N) is 3. The average molecular weight is 499 g/mol. The predicted molar refractivity (Wildman–Crippen MR) is 132 cm³/mol. The molecule has 2 heterocycles. The van der Waals surface area contributed by atoms with E-state index in [0.717, 1.165) is 41.4 Å². The maximum Gasteiger partial charge on any atom is 0.243 e. The molecule has 0 amide bonds. The first-order chi connectivity index (χ1) is 16.9. The van der Waals surface area contributed by atoms with Gasteiger partial charge in [-0.05, 0) is 80.2 Å². The average Bonchev–Trinajstić information content (AvgIpc) is 2.85. The first kappa shape index (κ1) is 23.0. The van der Waals surface area contributed by atoms with Crippen molar-refractivity contribution < 1.29 is 17.9 Å². The Balaban J connectivity index is 1.19. The van der Waals surface area contributed by atoms with Crippen molar-refractivity contribution in [2.45, 2.75) is 56.4 Å². The summed E-state index contributed by atoms with van der Waals surface area (Å²) in [4.78, 5) is 9.23. The lowest BCUT2D eigenvalue weighted by molar-refractivity contribution is -0.0444. The van der Waals surface area contributed by atoms with Crippen LogP contribution in [0, 0.1) is 23.2 Å². The molecule has 4 aliphatic carbocycles. The number of aromatic nitrogens is 2. The number of fused-ring (bicyclic) bond motifs is 1. The molecule has 35 heavy (non-hydrogen) atoms. The summed E-state index contributed by atoms with van der Waals surface area (Å²) >= 11 is 0. The van der Waals surface area contributed by atoms with Gasteiger partial charge in [-0.1, -0.05) is 0 Å². The molecule has 0 unspecified atom stereocenters. The minimum absolute atomic E-state index is 0.188. The molecule has 0 saturated heterocycles. The fourth-order valence-corrected chi connectivity index (χ4v) is 9.01. The molecule has 4 saturated carbocycles. The lowest BCUT2D eigenvalue weighted by atomic mass is 9.49. The molecular formula is C26H34N4O4S. The summed E-state index contributed by atoms with van der Waals surface area (Å²) in [7, 11) is -0.671. The maximum absolute atomic E-state index is 13.4. The van der Waals surface area contributed by atoms with Crippen LogP contribution in [0.1, 0.15) is 49.8 Å². The van der Waals surface area contributed by atoms with E-state index in [-0.39, 0.29) is 11.4 Å². The van der Waals surface area contributed by atoms with E-state index in [4.69, 9.17) is 9.47 Å². The zero-order chi connectivity index (χ0) is 24.2. The zero-order valence-corrected chi connectivity index (χ0v) is 21.3. The second kappa shape index (κ2) is 8.62. The van der Waals surface area contributed by atoms with Crippen molar-refractivity contribution in [3.63, 3.8) is 0 Å². The van der Waals surface area contributed by atoms with Crippen molar-refractivity contribution >= 4 is 15.8 Å². The monoisotopic (exact) mass is 498 g/mol. The van der Waals surface area contributed by atoms with Gasteiger partial charge >= 0.3 is 0 Å². The van der Waals surface area contributed by atoms with E-state index in [1.807, 2.05) is 0 Å². The summed E-state index contributed by atoms with van der Waals surface area (Å²) in [5.74, 6) is 4.52. The fraction of sp³-hybridized carbons (Fsp3) is 0.615. The second-order valence-corrected chi connectivity index (χ2v) is 13.0. The van der Waals surface area contributed by atoms with Crippen LogP contribution in [0.5, 0.6) is 11.5 Å². The highest BCUT2D eigenvalue weighted by molar-refractivity contribution is 7.89. The third-order valence-electron chi connectivity index (χ3n) is 8.76. The van der Waals surface area contributed by atoms with Crippen LogP contribution in [-0.4, -0.2) is 50.0 Å². The van der Waals surface area contributed by atoms with E-state index in [2.05, 4.69) is 15.3 Å². The highest BCUT2D eigenvalue weighted by Crippen LogP contribution is 2.60. The van der Waals surface area contributed by atoms with Gasteiger partial charge in [0.15, 0.2) is 11.5 Å². The number of anilines is 1. The lowest BCUT2D eigenvalue weighted by Crippen LogP contribution is -2.49. The molecule has 1 aliphatic heterocycles. The molecule has 5 aliphatic rings. The van der Waals surface area contributed by atoms with E-state index in [0.29, 0.717) is 29.9 Å². The van der Waals surface area contributed by atoms with Crippen molar-refractivity contribution in [1.82, 2.24) is 14.3 Å². The number of methoxy groups -OCH3 is 2. The molecule has 8 nitrogen and oxygen atoms in total. The normalized spacial score (nSPS) is 29.6. The van der Waals surface area contributed by atoms with Crippen LogP contribution in [0.3, 0.4) is 0 Å². The van der Waals surface area contributed by atoms with Crippen LogP contribution < -0.4 is 14.8 Å². The summed E-state index contributed by atoms with van der Waals surface area (Å²) in [5, 5.41) is 3.69. The first-order valence-electron chi connectivity index (χ1n) is 12.7. The molecule has 4 fully saturated rings. The van der Waals surface area contributed by atoms with Crippen molar-refractivity contribution in [2.75, 3.05) is 32.6 Å². The van der Waals surface area contributed by atoms with Gasteiger partial charge in [-0.3, -0.25) is 0 Å². The largest absolute Gasteiger partial charge is 0.493 e. The Morgan fingerprint density at radius 3 is 2.37 bits per heavy atom. The minimum atomic E-state index is -3.70. The number of rotatable bonds is 7. The Morgan fingerprint density at radius 2 is 1.71 bits per heavy atom. The van der Waals surface area contributed by atoms with E-state index >= 15 is 0 Å². The Labute approximate surface area is 207 Å². The zero-order valence-electron chi connectivity index (χ0n) is 20.5. The molecule has 0 atom stereocenters. The molecule has 7 rings (SSSR count). The third kappa shape index (κ3) is 4.06. The van der Waals surface area contributed by atoms with Crippen LogP contribution >= 0.6 is 0 Å². The molecule has 0 radical (unpaired) electrons. The summed E-state index contributed by atoms with van der Waals surface area (Å²) < 4.78 is 38.9. The van der Waals surface area contributed by atoms with Gasteiger partial charge in [0.25, 0.3) is 0 Å². The number of hydrogen-bond donors (Lipinski definition) is 1. The number of nitrogens with one attached hydrogen (secondary N) is 1. The minimum Gasteiger partial charge on any atom is -0.493 e. The quantitative estimate of drug-likeness (QED) is 0.619. The van der Waals surface area contributed by atoms with E-state index in [1.54, 1.807) is 18.5 Å². The predicted octanol–water partition coefficient (Wildman–Crippen LogP) is 3.87. The van der Waals surface area contributed by atoms with Crippen molar-refractivity contribution in [2.24, 2.45) is 23.2 Å². The Morgan fingerprint density at radius 1 is 1.03 bits per heavy atom. The van der Waals surface area contributed by atoms with Crippen molar-refractivity contribution in [1.29, 1.82) is 0 Å². The number of hydrogen-bond acceptors (Lipinski definition) is 7. The van der Waals surface area contributed by atoms with Crippen LogP contribution in [0.25, 0.3) is 0 Å². The summed E-state index contributed by atoms with van der Waals surface area (Å²) in [5.41, 5.74) is 2.24. The molecule has 9 heteroatoms. The van der Waals surface area contributed by atoms with Crippen LogP contribution in [0.15, 0.2) is 29.4 Å². The van der Waals surface area contributed by atoms with E-state index < -0.39 is 10.0 Å². The number of sulfonamides is 1. The first-order valence-corrected chi connectivity index (χ1v) is 14.1. The molecule has 188 valence electrons. The van der Waals surface area contributed by atoms with Crippen molar-refractivity contribution in [3.8, 4) is 11.5 Å². The van der Waals surface area contributed by atoms with Gasteiger partial charge in [0.05, 0.1) is 31.4 Å². The topological polar surface area (TPSA) is 93.7 Å². The molecular weight excluding hydrogens is 464 g/mol. The maximum atomic E-state index is 13.4. The molecule has 1 aromatic heterocycles. The Kier molecular flexibility index (Phi) is 5.67. The van der Waals surface area contributed by atoms with Gasteiger partial charge in [0.1, 0.15) is 12.1 Å². The van der Waals surface area contributed by atoms with Gasteiger partial charge in [0, 0.05) is 24.7 Å². The molecule has 1 aromatic carbocycles. The van der Waals surface area contributed by atoms with Gasteiger partial charge in [-0.2, -0.15) is 4.31 Å². The number of ether oxygens (including phenoxy) is 2. The van der Waals surface area contributed by atoms with Crippen LogP contribution in [0.2, 0.25) is 0 Å². The molecule has 0 spiro atoms. The van der Waals surface area contributed by atoms with Gasteiger partial charge < -0.3 is 14.8 Å². The fourth-order valence-electron chi connectivity index (χ4n) is 7.59. The Hall–Kier alpha value is -2.39. The number of benzene rings is 1. The van der Waals surface area contributed by atoms with Crippen molar-refractivity contribution in [3.05, 3.63) is 35.8 Å². The Bertz CT molecular complexity index is 1200. The van der Waals surface area contributed by atoms with Gasteiger partial charge in [-0.25, -0.2) is 18.4 Å². The lowest BCUT2D eigenvalue weighted by Gasteiger charge is -2.57. The molecule has 4 bridgehead atoms. The summed E-state index contributed by atoms with van der Waals surface area (Å²) in [6, 6.07) is 4.70. The second-order valence-electron chi connectivity index (χ2n) is 11.0. The molecule has 1 N–H and O–H groups in total. The SMILES string of the molecule is COc1ccc(S(=O)(=O)N2CCc3c(ncnc3NCC34CC5CC(CC(C5)C3)C4)C2)cc1OC. The van der Waals surface area contributed by atoms with Crippen LogP contribution in [-0.2, 0) is 23.0 Å². The van der Waals surface area contributed by atoms with Gasteiger partial charge in [0.2, 0.25) is 10.0 Å². The summed E-state index contributed by atoms with van der Waals surface area (Å²) in [6.07, 6.45) is 10.5.